The molecule has 1 unspecified atom stereocenters. The van der Waals surface area contributed by atoms with Crippen LogP contribution in [0.25, 0.3) is 0 Å². The molecule has 1 saturated carbocycles. The van der Waals surface area contributed by atoms with E-state index in [1.54, 1.807) is 24.3 Å². The van der Waals surface area contributed by atoms with Crippen molar-refractivity contribution in [2.24, 2.45) is 5.92 Å². The molecule has 1 aromatic carbocycles. The molecule has 4 nitrogen and oxygen atoms in total. The van der Waals surface area contributed by atoms with Gasteiger partial charge in [-0.1, -0.05) is 23.7 Å². The summed E-state index contributed by atoms with van der Waals surface area (Å²) in [6, 6.07) is 6.44. The van der Waals surface area contributed by atoms with E-state index in [0.29, 0.717) is 10.6 Å². The summed E-state index contributed by atoms with van der Waals surface area (Å²) in [4.78, 5) is 22.8. The molecule has 2 rings (SSSR count). The van der Waals surface area contributed by atoms with E-state index in [4.69, 9.17) is 16.7 Å². The Bertz CT molecular complexity index is 471. The third-order valence-corrected chi connectivity index (χ3v) is 3.35. The minimum atomic E-state index is -0.897. The van der Waals surface area contributed by atoms with E-state index in [9.17, 15) is 9.59 Å². The second kappa shape index (κ2) is 5.40. The van der Waals surface area contributed by atoms with Gasteiger partial charge >= 0.3 is 5.97 Å². The lowest BCUT2D eigenvalue weighted by molar-refractivity contribution is -0.137. The minimum absolute atomic E-state index is 0.0408. The Morgan fingerprint density at radius 2 is 2.06 bits per heavy atom. The average Bonchev–Trinajstić information content (AvgIpc) is 3.11. The van der Waals surface area contributed by atoms with Crippen molar-refractivity contribution in [3.63, 3.8) is 0 Å². The number of rotatable bonds is 5. The molecule has 0 aliphatic heterocycles. The Labute approximate surface area is 110 Å². The van der Waals surface area contributed by atoms with Crippen molar-refractivity contribution in [1.82, 2.24) is 5.32 Å². The smallest absolute Gasteiger partial charge is 0.305 e. The summed E-state index contributed by atoms with van der Waals surface area (Å²) in [5.41, 5.74) is 0.384. The van der Waals surface area contributed by atoms with Crippen molar-refractivity contribution in [3.8, 4) is 0 Å². The van der Waals surface area contributed by atoms with Gasteiger partial charge < -0.3 is 10.4 Å². The standard InChI is InChI=1S/C13H14ClNO3/c14-10-4-2-1-3-9(10)13(18)15-11(7-12(16)17)8-5-6-8/h1-4,8,11H,5-7H2,(H,15,18)(H,16,17). The van der Waals surface area contributed by atoms with E-state index < -0.39 is 5.97 Å². The van der Waals surface area contributed by atoms with Crippen LogP contribution in [0.15, 0.2) is 24.3 Å². The van der Waals surface area contributed by atoms with Crippen LogP contribution in [0.3, 0.4) is 0 Å². The average molecular weight is 268 g/mol. The number of amides is 1. The molecule has 0 saturated heterocycles. The van der Waals surface area contributed by atoms with Crippen LogP contribution in [0.1, 0.15) is 29.6 Å². The highest BCUT2D eigenvalue weighted by Crippen LogP contribution is 2.34. The van der Waals surface area contributed by atoms with Crippen LogP contribution in [0.2, 0.25) is 5.02 Å². The van der Waals surface area contributed by atoms with Gasteiger partial charge in [0.15, 0.2) is 0 Å². The Kier molecular flexibility index (Phi) is 3.87. The van der Waals surface area contributed by atoms with Crippen molar-refractivity contribution in [2.75, 3.05) is 0 Å². The fourth-order valence-electron chi connectivity index (χ4n) is 1.91. The molecule has 0 heterocycles. The van der Waals surface area contributed by atoms with Crippen LogP contribution in [0.4, 0.5) is 0 Å². The third-order valence-electron chi connectivity index (χ3n) is 3.02. The topological polar surface area (TPSA) is 66.4 Å². The summed E-state index contributed by atoms with van der Waals surface area (Å²) in [6.45, 7) is 0. The summed E-state index contributed by atoms with van der Waals surface area (Å²) in [5, 5.41) is 12.0. The van der Waals surface area contributed by atoms with Gasteiger partial charge in [0.2, 0.25) is 0 Å². The molecular weight excluding hydrogens is 254 g/mol. The summed E-state index contributed by atoms with van der Waals surface area (Å²) in [6.07, 6.45) is 1.91. The number of benzene rings is 1. The van der Waals surface area contributed by atoms with Gasteiger partial charge in [0.1, 0.15) is 0 Å². The van der Waals surface area contributed by atoms with Crippen LogP contribution < -0.4 is 5.32 Å². The van der Waals surface area contributed by atoms with Crippen LogP contribution >= 0.6 is 11.6 Å². The third kappa shape index (κ3) is 3.23. The molecule has 5 heteroatoms. The predicted octanol–water partition coefficient (Wildman–Crippen LogP) is 2.32. The lowest BCUT2D eigenvalue weighted by Crippen LogP contribution is -2.38. The van der Waals surface area contributed by atoms with Crippen LogP contribution in [0, 0.1) is 5.92 Å². The fraction of sp³-hybridized carbons (Fsp3) is 0.385. The van der Waals surface area contributed by atoms with E-state index in [0.717, 1.165) is 12.8 Å². The minimum Gasteiger partial charge on any atom is -0.481 e. The number of aliphatic carboxylic acids is 1. The predicted molar refractivity (Wildman–Crippen MR) is 67.7 cm³/mol. The summed E-state index contributed by atoms with van der Waals surface area (Å²) in [5.74, 6) is -0.919. The highest BCUT2D eigenvalue weighted by atomic mass is 35.5. The number of hydrogen-bond acceptors (Lipinski definition) is 2. The summed E-state index contributed by atoms with van der Waals surface area (Å²) >= 11 is 5.93. The highest BCUT2D eigenvalue weighted by molar-refractivity contribution is 6.33. The number of nitrogens with one attached hydrogen (secondary N) is 1. The van der Waals surface area contributed by atoms with Gasteiger partial charge in [-0.3, -0.25) is 9.59 Å². The molecule has 0 bridgehead atoms. The van der Waals surface area contributed by atoms with E-state index in [2.05, 4.69) is 5.32 Å². The van der Waals surface area contributed by atoms with Gasteiger partial charge in [0, 0.05) is 6.04 Å². The van der Waals surface area contributed by atoms with E-state index in [1.165, 1.54) is 0 Å². The maximum absolute atomic E-state index is 12.0. The number of carbonyl (C=O) groups is 2. The Hall–Kier alpha value is -1.55. The second-order valence-corrected chi connectivity index (χ2v) is 4.90. The van der Waals surface area contributed by atoms with Gasteiger partial charge in [-0.25, -0.2) is 0 Å². The number of carboxylic acid groups (broad SMARTS) is 1. The molecule has 1 amide bonds. The van der Waals surface area contributed by atoms with Crippen molar-refractivity contribution in [3.05, 3.63) is 34.9 Å². The Morgan fingerprint density at radius 1 is 1.39 bits per heavy atom. The van der Waals surface area contributed by atoms with Gasteiger partial charge in [0.25, 0.3) is 5.91 Å². The fourth-order valence-corrected chi connectivity index (χ4v) is 2.14. The summed E-state index contributed by atoms with van der Waals surface area (Å²) in [7, 11) is 0. The SMILES string of the molecule is O=C(O)CC(NC(=O)c1ccccc1Cl)C1CC1. The summed E-state index contributed by atoms with van der Waals surface area (Å²) < 4.78 is 0. The molecule has 0 aromatic heterocycles. The zero-order valence-corrected chi connectivity index (χ0v) is 10.5. The van der Waals surface area contributed by atoms with Crippen molar-refractivity contribution < 1.29 is 14.7 Å². The molecule has 1 fully saturated rings. The molecular formula is C13H14ClNO3. The molecule has 1 atom stereocenters. The first kappa shape index (κ1) is 12.9. The van der Waals surface area contributed by atoms with E-state index >= 15 is 0 Å². The molecule has 18 heavy (non-hydrogen) atoms. The van der Waals surface area contributed by atoms with Gasteiger partial charge in [-0.05, 0) is 30.9 Å². The maximum atomic E-state index is 12.0. The first-order chi connectivity index (χ1) is 8.58. The number of carbonyl (C=O) groups excluding carboxylic acids is 1. The molecule has 0 spiro atoms. The van der Waals surface area contributed by atoms with Crippen molar-refractivity contribution in [2.45, 2.75) is 25.3 Å². The normalized spacial score (nSPS) is 16.1. The quantitative estimate of drug-likeness (QED) is 0.860. The number of halogens is 1. The zero-order chi connectivity index (χ0) is 13.1. The lowest BCUT2D eigenvalue weighted by atomic mass is 10.1. The van der Waals surface area contributed by atoms with Crippen molar-refractivity contribution in [1.29, 1.82) is 0 Å². The van der Waals surface area contributed by atoms with Crippen LogP contribution in [0.5, 0.6) is 0 Å². The molecule has 1 aliphatic carbocycles. The first-order valence-corrected chi connectivity index (χ1v) is 6.23. The Morgan fingerprint density at radius 3 is 2.61 bits per heavy atom. The molecule has 1 aromatic rings. The van der Waals surface area contributed by atoms with E-state index in [1.807, 2.05) is 0 Å². The molecule has 1 aliphatic rings. The number of hydrogen-bond donors (Lipinski definition) is 2. The largest absolute Gasteiger partial charge is 0.481 e. The van der Waals surface area contributed by atoms with Crippen LogP contribution in [-0.2, 0) is 4.79 Å². The molecule has 2 N–H and O–H groups in total. The molecule has 0 radical (unpaired) electrons. The molecule has 96 valence electrons. The van der Waals surface area contributed by atoms with Gasteiger partial charge in [-0.15, -0.1) is 0 Å². The first-order valence-electron chi connectivity index (χ1n) is 5.85. The van der Waals surface area contributed by atoms with E-state index in [-0.39, 0.29) is 24.3 Å². The lowest BCUT2D eigenvalue weighted by Gasteiger charge is -2.16. The maximum Gasteiger partial charge on any atom is 0.305 e. The monoisotopic (exact) mass is 267 g/mol. The Balaban J connectivity index is 2.05. The zero-order valence-electron chi connectivity index (χ0n) is 9.73. The second-order valence-electron chi connectivity index (χ2n) is 4.50. The highest BCUT2D eigenvalue weighted by Gasteiger charge is 2.34. The van der Waals surface area contributed by atoms with Gasteiger partial charge in [0.05, 0.1) is 17.0 Å². The van der Waals surface area contributed by atoms with Crippen molar-refractivity contribution >= 4 is 23.5 Å². The van der Waals surface area contributed by atoms with Gasteiger partial charge in [-0.2, -0.15) is 0 Å². The number of carboxylic acids is 1. The van der Waals surface area contributed by atoms with Crippen LogP contribution in [-0.4, -0.2) is 23.0 Å².